The molecule has 98 valence electrons. The Kier molecular flexibility index (Phi) is 7.21. The van der Waals surface area contributed by atoms with Gasteiger partial charge in [0.15, 0.2) is 0 Å². The minimum Gasteiger partial charge on any atom is -0.507 e. The van der Waals surface area contributed by atoms with Crippen LogP contribution in [-0.2, 0) is 0 Å². The van der Waals surface area contributed by atoms with Crippen LogP contribution < -0.4 is 5.73 Å². The maximum atomic E-state index is 9.76. The van der Waals surface area contributed by atoms with E-state index in [9.17, 15) is 10.2 Å². The zero-order chi connectivity index (χ0) is 12.3. The van der Waals surface area contributed by atoms with Crippen LogP contribution in [0, 0.1) is 0 Å². The summed E-state index contributed by atoms with van der Waals surface area (Å²) in [4.78, 5) is 0. The van der Waals surface area contributed by atoms with Gasteiger partial charge in [0.2, 0.25) is 0 Å². The van der Waals surface area contributed by atoms with Gasteiger partial charge in [0.05, 0.1) is 17.2 Å². The van der Waals surface area contributed by atoms with Crippen molar-refractivity contribution in [3.8, 4) is 5.75 Å². The molecule has 1 aromatic rings. The molecule has 0 unspecified atom stereocenters. The van der Waals surface area contributed by atoms with Gasteiger partial charge in [-0.15, -0.1) is 12.4 Å². The minimum atomic E-state index is -0.727. The summed E-state index contributed by atoms with van der Waals surface area (Å²) in [6.45, 7) is 1.94. The number of rotatable bonds is 4. The van der Waals surface area contributed by atoms with Crippen LogP contribution in [0.25, 0.3) is 0 Å². The summed E-state index contributed by atoms with van der Waals surface area (Å²) in [5.41, 5.74) is 6.18. The number of hydrogen-bond donors (Lipinski definition) is 3. The Labute approximate surface area is 117 Å². The molecule has 6 heteroatoms. The molecule has 1 rings (SSSR count). The van der Waals surface area contributed by atoms with Gasteiger partial charge in [0.1, 0.15) is 5.75 Å². The molecule has 0 aliphatic heterocycles. The van der Waals surface area contributed by atoms with E-state index in [0.717, 1.165) is 6.42 Å². The van der Waals surface area contributed by atoms with E-state index in [2.05, 4.69) is 0 Å². The van der Waals surface area contributed by atoms with E-state index < -0.39 is 12.1 Å². The van der Waals surface area contributed by atoms with Crippen molar-refractivity contribution >= 4 is 35.6 Å². The van der Waals surface area contributed by atoms with Gasteiger partial charge in [-0.25, -0.2) is 0 Å². The van der Waals surface area contributed by atoms with Crippen molar-refractivity contribution < 1.29 is 10.2 Å². The number of benzene rings is 1. The molecule has 0 heterocycles. The van der Waals surface area contributed by atoms with E-state index in [1.165, 1.54) is 12.1 Å². The van der Waals surface area contributed by atoms with Crippen molar-refractivity contribution in [3.05, 3.63) is 27.7 Å². The second-order valence-corrected chi connectivity index (χ2v) is 4.55. The lowest BCUT2D eigenvalue weighted by Crippen LogP contribution is -2.26. The molecule has 0 fully saturated rings. The molecule has 17 heavy (non-hydrogen) atoms. The Morgan fingerprint density at radius 2 is 1.94 bits per heavy atom. The van der Waals surface area contributed by atoms with Crippen LogP contribution in [-0.4, -0.2) is 16.3 Å². The van der Waals surface area contributed by atoms with Crippen molar-refractivity contribution in [1.82, 2.24) is 0 Å². The zero-order valence-corrected chi connectivity index (χ0v) is 11.7. The third kappa shape index (κ3) is 4.19. The van der Waals surface area contributed by atoms with Crippen molar-refractivity contribution in [3.63, 3.8) is 0 Å². The maximum Gasteiger partial charge on any atom is 0.123 e. The van der Waals surface area contributed by atoms with E-state index in [1.807, 2.05) is 6.92 Å². The first-order valence-corrected chi connectivity index (χ1v) is 5.84. The number of aliphatic hydroxyl groups excluding tert-OH is 1. The van der Waals surface area contributed by atoms with Crippen LogP contribution in [0.2, 0.25) is 10.0 Å². The highest BCUT2D eigenvalue weighted by molar-refractivity contribution is 6.35. The van der Waals surface area contributed by atoms with E-state index in [1.54, 1.807) is 0 Å². The minimum absolute atomic E-state index is 0. The first-order chi connectivity index (χ1) is 7.47. The van der Waals surface area contributed by atoms with Crippen LogP contribution in [0.3, 0.4) is 0 Å². The first-order valence-electron chi connectivity index (χ1n) is 5.09. The van der Waals surface area contributed by atoms with Crippen LogP contribution >= 0.6 is 35.6 Å². The van der Waals surface area contributed by atoms with E-state index in [0.29, 0.717) is 17.0 Å². The summed E-state index contributed by atoms with van der Waals surface area (Å²) in [5.74, 6) is -0.0832. The summed E-state index contributed by atoms with van der Waals surface area (Å²) in [6, 6.07) is 2.16. The Morgan fingerprint density at radius 3 is 2.41 bits per heavy atom. The van der Waals surface area contributed by atoms with Crippen LogP contribution in [0.5, 0.6) is 5.75 Å². The normalized spacial score (nSPS) is 13.9. The highest BCUT2D eigenvalue weighted by atomic mass is 35.5. The van der Waals surface area contributed by atoms with Gasteiger partial charge >= 0.3 is 0 Å². The van der Waals surface area contributed by atoms with Gasteiger partial charge in [-0.1, -0.05) is 36.5 Å². The fraction of sp³-hybridized carbons (Fsp3) is 0.455. The van der Waals surface area contributed by atoms with Crippen molar-refractivity contribution in [2.24, 2.45) is 5.73 Å². The quantitative estimate of drug-likeness (QED) is 0.799. The van der Waals surface area contributed by atoms with Gasteiger partial charge in [-0.3, -0.25) is 0 Å². The highest BCUT2D eigenvalue weighted by Crippen LogP contribution is 2.35. The van der Waals surface area contributed by atoms with E-state index in [-0.39, 0.29) is 23.2 Å². The fourth-order valence-electron chi connectivity index (χ4n) is 1.57. The van der Waals surface area contributed by atoms with Crippen LogP contribution in [0.15, 0.2) is 12.1 Å². The summed E-state index contributed by atoms with van der Waals surface area (Å²) in [6.07, 6.45) is 0.634. The average Bonchev–Trinajstić information content (AvgIpc) is 2.16. The summed E-state index contributed by atoms with van der Waals surface area (Å²) < 4.78 is 0. The lowest BCUT2D eigenvalue weighted by molar-refractivity contribution is 0.133. The third-order valence-corrected chi connectivity index (χ3v) is 2.94. The number of phenolic OH excluding ortho intramolecular Hbond substituents is 1. The van der Waals surface area contributed by atoms with Gasteiger partial charge in [-0.05, 0) is 18.6 Å². The van der Waals surface area contributed by atoms with E-state index >= 15 is 0 Å². The van der Waals surface area contributed by atoms with Gasteiger partial charge in [-0.2, -0.15) is 0 Å². The summed E-state index contributed by atoms with van der Waals surface area (Å²) >= 11 is 11.7. The van der Waals surface area contributed by atoms with Crippen molar-refractivity contribution in [1.29, 1.82) is 0 Å². The molecule has 0 aliphatic carbocycles. The molecule has 3 nitrogen and oxygen atoms in total. The van der Waals surface area contributed by atoms with Gasteiger partial charge in [0.25, 0.3) is 0 Å². The SMILES string of the molecule is CCC[C@@H](O)[C@@H](N)c1c(O)cc(Cl)cc1Cl.Cl. The molecule has 0 aromatic heterocycles. The molecule has 0 saturated carbocycles. The van der Waals surface area contributed by atoms with E-state index in [4.69, 9.17) is 28.9 Å². The first kappa shape index (κ1) is 16.8. The van der Waals surface area contributed by atoms with Crippen molar-refractivity contribution in [2.75, 3.05) is 0 Å². The topological polar surface area (TPSA) is 66.5 Å². The number of hydrogen-bond acceptors (Lipinski definition) is 3. The molecule has 1 aromatic carbocycles. The Morgan fingerprint density at radius 1 is 1.35 bits per heavy atom. The lowest BCUT2D eigenvalue weighted by atomic mass is 9.98. The Hall–Kier alpha value is -0.190. The monoisotopic (exact) mass is 299 g/mol. The average molecular weight is 301 g/mol. The standard InChI is InChI=1S/C11H15Cl2NO2.ClH/c1-2-3-8(15)11(14)10-7(13)4-6(12)5-9(10)16;/h4-5,8,11,15-16H,2-3,14H2,1H3;1H/t8-,11-;/m1./s1. The van der Waals surface area contributed by atoms with Gasteiger partial charge in [0, 0.05) is 10.6 Å². The molecule has 4 N–H and O–H groups in total. The lowest BCUT2D eigenvalue weighted by Gasteiger charge is -2.20. The number of halogens is 3. The molecule has 0 amide bonds. The molecule has 0 spiro atoms. The molecular weight excluding hydrogens is 284 g/mol. The molecule has 2 atom stereocenters. The number of nitrogens with two attached hydrogens (primary N) is 1. The van der Waals surface area contributed by atoms with Crippen LogP contribution in [0.1, 0.15) is 31.4 Å². The molecule has 0 bridgehead atoms. The largest absolute Gasteiger partial charge is 0.507 e. The van der Waals surface area contributed by atoms with Gasteiger partial charge < -0.3 is 15.9 Å². The number of phenols is 1. The predicted molar refractivity (Wildman–Crippen MR) is 73.2 cm³/mol. The molecule has 0 saturated heterocycles. The second kappa shape index (κ2) is 7.29. The summed E-state index contributed by atoms with van der Waals surface area (Å²) in [5, 5.41) is 20.1. The predicted octanol–water partition coefficient (Wildman–Crippen LogP) is 3.28. The number of aromatic hydroxyl groups is 1. The third-order valence-electron chi connectivity index (χ3n) is 2.40. The summed E-state index contributed by atoms with van der Waals surface area (Å²) in [7, 11) is 0. The number of aliphatic hydroxyl groups is 1. The van der Waals surface area contributed by atoms with Crippen molar-refractivity contribution in [2.45, 2.75) is 31.9 Å². The smallest absolute Gasteiger partial charge is 0.123 e. The zero-order valence-electron chi connectivity index (χ0n) is 9.36. The molecule has 0 aliphatic rings. The fourth-order valence-corrected chi connectivity index (χ4v) is 2.18. The Bertz CT molecular complexity index is 351. The second-order valence-electron chi connectivity index (χ2n) is 3.70. The van der Waals surface area contributed by atoms with Crippen LogP contribution in [0.4, 0.5) is 0 Å². The Balaban J connectivity index is 0.00000256. The molecular formula is C11H16Cl3NO2. The molecule has 0 radical (unpaired) electrons. The highest BCUT2D eigenvalue weighted by Gasteiger charge is 2.22. The maximum absolute atomic E-state index is 9.76.